The van der Waals surface area contributed by atoms with Gasteiger partial charge in [0.25, 0.3) is 0 Å². The van der Waals surface area contributed by atoms with Crippen LogP contribution < -0.4 is 5.32 Å². The van der Waals surface area contributed by atoms with E-state index in [1.54, 1.807) is 0 Å². The zero-order chi connectivity index (χ0) is 15.1. The van der Waals surface area contributed by atoms with Gasteiger partial charge in [0.05, 0.1) is 6.07 Å². The highest BCUT2D eigenvalue weighted by Crippen LogP contribution is 2.14. The van der Waals surface area contributed by atoms with Crippen molar-refractivity contribution in [3.05, 3.63) is 65.7 Å². The third-order valence-corrected chi connectivity index (χ3v) is 3.32. The smallest absolute Gasteiger partial charge is 0.241 e. The van der Waals surface area contributed by atoms with E-state index in [0.29, 0.717) is 6.42 Å². The number of hydrogen-bond donors (Lipinski definition) is 1. The second-order valence-electron chi connectivity index (χ2n) is 5.06. The normalized spacial score (nSPS) is 11.4. The van der Waals surface area contributed by atoms with Crippen LogP contribution in [0.3, 0.4) is 0 Å². The zero-order valence-electron chi connectivity index (χ0n) is 12.0. The van der Waals surface area contributed by atoms with Gasteiger partial charge in [0, 0.05) is 5.69 Å². The average Bonchev–Trinajstić information content (AvgIpc) is 2.49. The van der Waals surface area contributed by atoms with E-state index in [1.807, 2.05) is 61.5 Å². The number of hydrogen-bond acceptors (Lipinski definition) is 2. The molecule has 2 rings (SSSR count). The molecule has 3 heteroatoms. The summed E-state index contributed by atoms with van der Waals surface area (Å²) in [6.07, 6.45) is 1.25. The molecular weight excluding hydrogens is 260 g/mol. The van der Waals surface area contributed by atoms with E-state index in [1.165, 1.54) is 0 Å². The highest BCUT2D eigenvalue weighted by atomic mass is 16.1. The van der Waals surface area contributed by atoms with Crippen LogP contribution in [-0.4, -0.2) is 5.91 Å². The Morgan fingerprint density at radius 3 is 2.62 bits per heavy atom. The monoisotopic (exact) mass is 278 g/mol. The molecule has 2 aromatic rings. The molecule has 1 amide bonds. The Morgan fingerprint density at radius 1 is 1.19 bits per heavy atom. The Morgan fingerprint density at radius 2 is 1.95 bits per heavy atom. The first-order chi connectivity index (χ1) is 10.2. The Hall–Kier alpha value is -2.60. The lowest BCUT2D eigenvalue weighted by atomic mass is 10.00. The van der Waals surface area contributed by atoms with Gasteiger partial charge >= 0.3 is 0 Å². The first-order valence-corrected chi connectivity index (χ1v) is 7.00. The summed E-state index contributed by atoms with van der Waals surface area (Å²) in [6.45, 7) is 1.97. The topological polar surface area (TPSA) is 52.9 Å². The van der Waals surface area contributed by atoms with Gasteiger partial charge < -0.3 is 5.32 Å². The number of nitrogens with zero attached hydrogens (tertiary/aromatic N) is 1. The molecule has 0 aliphatic heterocycles. The molecule has 106 valence electrons. The van der Waals surface area contributed by atoms with E-state index >= 15 is 0 Å². The summed E-state index contributed by atoms with van der Waals surface area (Å²) < 4.78 is 0. The van der Waals surface area contributed by atoms with E-state index in [4.69, 9.17) is 0 Å². The molecule has 0 spiro atoms. The summed E-state index contributed by atoms with van der Waals surface area (Å²) >= 11 is 0. The number of nitrogens with one attached hydrogen (secondary N) is 1. The van der Waals surface area contributed by atoms with Crippen LogP contribution in [0.4, 0.5) is 5.69 Å². The summed E-state index contributed by atoms with van der Waals surface area (Å²) in [5, 5.41) is 12.0. The third-order valence-electron chi connectivity index (χ3n) is 3.32. The van der Waals surface area contributed by atoms with Crippen molar-refractivity contribution < 1.29 is 4.79 Å². The maximum Gasteiger partial charge on any atom is 0.241 e. The second kappa shape index (κ2) is 7.25. The quantitative estimate of drug-likeness (QED) is 0.906. The van der Waals surface area contributed by atoms with Gasteiger partial charge in [0.15, 0.2) is 0 Å². The lowest BCUT2D eigenvalue weighted by molar-refractivity contribution is -0.118. The summed E-state index contributed by atoms with van der Waals surface area (Å²) in [7, 11) is 0. The van der Waals surface area contributed by atoms with Crippen LogP contribution in [0.1, 0.15) is 17.5 Å². The van der Waals surface area contributed by atoms with Crippen LogP contribution in [-0.2, 0) is 11.2 Å². The number of aryl methyl sites for hydroxylation is 2. The lowest BCUT2D eigenvalue weighted by Crippen LogP contribution is -2.22. The molecule has 0 aromatic heterocycles. The van der Waals surface area contributed by atoms with Crippen LogP contribution in [0.25, 0.3) is 0 Å². The predicted octanol–water partition coefficient (Wildman–Crippen LogP) is 3.71. The molecule has 1 atom stereocenters. The van der Waals surface area contributed by atoms with Crippen molar-refractivity contribution in [1.82, 2.24) is 0 Å². The fraction of sp³-hybridized carbons (Fsp3) is 0.222. The molecule has 0 bridgehead atoms. The number of nitriles is 1. The van der Waals surface area contributed by atoms with Gasteiger partial charge in [-0.05, 0) is 43.0 Å². The van der Waals surface area contributed by atoms with Gasteiger partial charge in [-0.15, -0.1) is 0 Å². The van der Waals surface area contributed by atoms with E-state index < -0.39 is 5.92 Å². The van der Waals surface area contributed by atoms with Crippen LogP contribution in [0, 0.1) is 24.2 Å². The number of benzene rings is 2. The minimum absolute atomic E-state index is 0.237. The standard InChI is InChI=1S/C18H18N2O/c1-14-6-5-9-17(12-14)20-18(21)16(13-19)11-10-15-7-3-2-4-8-15/h2-9,12,16H,10-11H2,1H3,(H,20,21)/t16-/m1/s1. The van der Waals surface area contributed by atoms with Crippen LogP contribution >= 0.6 is 0 Å². The summed E-state index contributed by atoms with van der Waals surface area (Å²) in [6, 6.07) is 19.6. The van der Waals surface area contributed by atoms with Gasteiger partial charge in [0.2, 0.25) is 5.91 Å². The van der Waals surface area contributed by atoms with Crippen molar-refractivity contribution in [3.63, 3.8) is 0 Å². The molecule has 0 saturated heterocycles. The number of amides is 1. The third kappa shape index (κ3) is 4.47. The fourth-order valence-electron chi connectivity index (χ4n) is 2.16. The van der Waals surface area contributed by atoms with Gasteiger partial charge in [-0.1, -0.05) is 42.5 Å². The van der Waals surface area contributed by atoms with Gasteiger partial charge in [-0.2, -0.15) is 5.26 Å². The molecule has 0 radical (unpaired) electrons. The first-order valence-electron chi connectivity index (χ1n) is 7.00. The van der Waals surface area contributed by atoms with Gasteiger partial charge in [-0.3, -0.25) is 4.79 Å². The maximum absolute atomic E-state index is 12.1. The SMILES string of the molecule is Cc1cccc(NC(=O)[C@@H](C#N)CCc2ccccc2)c1. The Bertz CT molecular complexity index is 644. The van der Waals surface area contributed by atoms with Crippen molar-refractivity contribution in [1.29, 1.82) is 5.26 Å². The summed E-state index contributed by atoms with van der Waals surface area (Å²) in [5.74, 6) is -0.871. The molecule has 0 saturated carbocycles. The second-order valence-corrected chi connectivity index (χ2v) is 5.06. The number of carbonyl (C=O) groups excluding carboxylic acids is 1. The molecule has 3 nitrogen and oxygen atoms in total. The highest BCUT2D eigenvalue weighted by Gasteiger charge is 2.17. The van der Waals surface area contributed by atoms with Crippen molar-refractivity contribution in [3.8, 4) is 6.07 Å². The molecule has 21 heavy (non-hydrogen) atoms. The molecular formula is C18H18N2O. The van der Waals surface area contributed by atoms with Crippen molar-refractivity contribution >= 4 is 11.6 Å². The van der Waals surface area contributed by atoms with Crippen molar-refractivity contribution in [2.45, 2.75) is 19.8 Å². The van der Waals surface area contributed by atoms with Crippen molar-refractivity contribution in [2.75, 3.05) is 5.32 Å². The Balaban J connectivity index is 1.94. The largest absolute Gasteiger partial charge is 0.325 e. The van der Waals surface area contributed by atoms with Gasteiger partial charge in [-0.25, -0.2) is 0 Å². The number of rotatable bonds is 5. The molecule has 1 N–H and O–H groups in total. The van der Waals surface area contributed by atoms with E-state index in [9.17, 15) is 10.1 Å². The summed E-state index contributed by atoms with van der Waals surface area (Å²) in [4.78, 5) is 12.1. The number of anilines is 1. The zero-order valence-corrected chi connectivity index (χ0v) is 12.0. The Kier molecular flexibility index (Phi) is 5.11. The van der Waals surface area contributed by atoms with Gasteiger partial charge in [0.1, 0.15) is 5.92 Å². The fourth-order valence-corrected chi connectivity index (χ4v) is 2.16. The van der Waals surface area contributed by atoms with E-state index in [2.05, 4.69) is 11.4 Å². The average molecular weight is 278 g/mol. The molecule has 0 unspecified atom stereocenters. The maximum atomic E-state index is 12.1. The predicted molar refractivity (Wildman–Crippen MR) is 83.7 cm³/mol. The number of carbonyl (C=O) groups is 1. The summed E-state index contributed by atoms with van der Waals surface area (Å²) in [5.41, 5.74) is 2.95. The first kappa shape index (κ1) is 14.8. The minimum Gasteiger partial charge on any atom is -0.325 e. The van der Waals surface area contributed by atoms with E-state index in [0.717, 1.165) is 23.2 Å². The van der Waals surface area contributed by atoms with E-state index in [-0.39, 0.29) is 5.91 Å². The Labute approximate surface area is 125 Å². The lowest BCUT2D eigenvalue weighted by Gasteiger charge is -2.10. The van der Waals surface area contributed by atoms with Crippen LogP contribution in [0.2, 0.25) is 0 Å². The minimum atomic E-state index is -0.634. The van der Waals surface area contributed by atoms with Crippen LogP contribution in [0.15, 0.2) is 54.6 Å². The highest BCUT2D eigenvalue weighted by molar-refractivity contribution is 5.94. The molecule has 0 aliphatic rings. The molecule has 0 aliphatic carbocycles. The van der Waals surface area contributed by atoms with Crippen molar-refractivity contribution in [2.24, 2.45) is 5.92 Å². The molecule has 2 aromatic carbocycles. The molecule has 0 fully saturated rings. The van der Waals surface area contributed by atoms with Crippen LogP contribution in [0.5, 0.6) is 0 Å². The molecule has 0 heterocycles.